The van der Waals surface area contributed by atoms with Gasteiger partial charge < -0.3 is 10.4 Å². The second-order valence-corrected chi connectivity index (χ2v) is 4.08. The Morgan fingerprint density at radius 3 is 3.00 bits per heavy atom. The molecule has 0 aromatic carbocycles. The van der Waals surface area contributed by atoms with Gasteiger partial charge in [0, 0.05) is 5.92 Å². The number of carbonyl (C=O) groups is 1. The highest BCUT2D eigenvalue weighted by molar-refractivity contribution is 5.90. The fourth-order valence-electron chi connectivity index (χ4n) is 1.44. The molecule has 0 spiro atoms. The van der Waals surface area contributed by atoms with Gasteiger partial charge in [-0.05, 0) is 19.3 Å². The number of hydrogen-bond acceptors (Lipinski definition) is 4. The van der Waals surface area contributed by atoms with Crippen molar-refractivity contribution < 1.29 is 9.90 Å². The number of nitrogens with one attached hydrogen (secondary N) is 2. The van der Waals surface area contributed by atoms with Crippen molar-refractivity contribution >= 4 is 5.91 Å². The van der Waals surface area contributed by atoms with Crippen LogP contribution < -0.4 is 5.32 Å². The average Bonchev–Trinajstić information content (AvgIpc) is 3.03. The summed E-state index contributed by atoms with van der Waals surface area (Å²) >= 11 is 0. The number of H-pyrrole nitrogens is 1. The van der Waals surface area contributed by atoms with Gasteiger partial charge in [0.2, 0.25) is 5.82 Å². The lowest BCUT2D eigenvalue weighted by Gasteiger charge is -2.11. The Labute approximate surface area is 93.5 Å². The first-order chi connectivity index (χ1) is 7.74. The van der Waals surface area contributed by atoms with Gasteiger partial charge in [-0.15, -0.1) is 5.10 Å². The number of aliphatic hydroxyl groups is 1. The maximum Gasteiger partial charge on any atom is 0.291 e. The van der Waals surface area contributed by atoms with Crippen LogP contribution in [0.1, 0.15) is 48.5 Å². The van der Waals surface area contributed by atoms with Crippen molar-refractivity contribution in [2.24, 2.45) is 0 Å². The maximum atomic E-state index is 11.7. The quantitative estimate of drug-likeness (QED) is 0.665. The SMILES string of the molecule is CC[C@@H](CO)NC(=O)c1n[nH]c(C2CC2)n1. The lowest BCUT2D eigenvalue weighted by atomic mass is 10.2. The fourth-order valence-corrected chi connectivity index (χ4v) is 1.44. The second-order valence-electron chi connectivity index (χ2n) is 4.08. The van der Waals surface area contributed by atoms with Crippen LogP contribution in [-0.2, 0) is 0 Å². The summed E-state index contributed by atoms with van der Waals surface area (Å²) in [6.07, 6.45) is 2.91. The molecule has 1 saturated carbocycles. The third-order valence-electron chi connectivity index (χ3n) is 2.72. The molecule has 88 valence electrons. The molecule has 1 amide bonds. The second kappa shape index (κ2) is 4.61. The maximum absolute atomic E-state index is 11.7. The number of carbonyl (C=O) groups excluding carboxylic acids is 1. The van der Waals surface area contributed by atoms with E-state index in [0.29, 0.717) is 12.3 Å². The molecule has 0 bridgehead atoms. The molecule has 0 unspecified atom stereocenters. The highest BCUT2D eigenvalue weighted by atomic mass is 16.3. The first-order valence-corrected chi connectivity index (χ1v) is 5.58. The zero-order valence-electron chi connectivity index (χ0n) is 9.23. The fraction of sp³-hybridized carbons (Fsp3) is 0.700. The van der Waals surface area contributed by atoms with Crippen LogP contribution in [0.2, 0.25) is 0 Å². The van der Waals surface area contributed by atoms with Gasteiger partial charge in [-0.25, -0.2) is 4.98 Å². The summed E-state index contributed by atoms with van der Waals surface area (Å²) in [7, 11) is 0. The van der Waals surface area contributed by atoms with Crippen LogP contribution in [0.15, 0.2) is 0 Å². The summed E-state index contributed by atoms with van der Waals surface area (Å²) in [5, 5.41) is 18.3. The molecular formula is C10H16N4O2. The molecule has 1 heterocycles. The van der Waals surface area contributed by atoms with Gasteiger partial charge in [0.05, 0.1) is 12.6 Å². The van der Waals surface area contributed by atoms with Crippen molar-refractivity contribution in [3.05, 3.63) is 11.6 Å². The van der Waals surface area contributed by atoms with Crippen molar-refractivity contribution in [1.82, 2.24) is 20.5 Å². The lowest BCUT2D eigenvalue weighted by Crippen LogP contribution is -2.37. The molecular weight excluding hydrogens is 208 g/mol. The highest BCUT2D eigenvalue weighted by Crippen LogP contribution is 2.37. The Balaban J connectivity index is 1.96. The predicted molar refractivity (Wildman–Crippen MR) is 57.0 cm³/mol. The van der Waals surface area contributed by atoms with Gasteiger partial charge in [-0.3, -0.25) is 9.89 Å². The summed E-state index contributed by atoms with van der Waals surface area (Å²) in [5.74, 6) is 1.08. The van der Waals surface area contributed by atoms with E-state index in [2.05, 4.69) is 20.5 Å². The number of aliphatic hydroxyl groups excluding tert-OH is 1. The van der Waals surface area contributed by atoms with Crippen LogP contribution in [0, 0.1) is 0 Å². The first-order valence-electron chi connectivity index (χ1n) is 5.58. The van der Waals surface area contributed by atoms with E-state index >= 15 is 0 Å². The number of nitrogens with zero attached hydrogens (tertiary/aromatic N) is 2. The van der Waals surface area contributed by atoms with Gasteiger partial charge in [0.1, 0.15) is 5.82 Å². The standard InChI is InChI=1S/C10H16N4O2/c1-2-7(5-15)11-10(16)9-12-8(13-14-9)6-3-4-6/h6-7,15H,2-5H2,1H3,(H,11,16)(H,12,13,14)/t7-/m0/s1. The molecule has 0 aliphatic heterocycles. The molecule has 3 N–H and O–H groups in total. The molecule has 0 saturated heterocycles. The van der Waals surface area contributed by atoms with Crippen molar-refractivity contribution in [2.45, 2.75) is 38.1 Å². The number of aromatic nitrogens is 3. The molecule has 6 nitrogen and oxygen atoms in total. The summed E-state index contributed by atoms with van der Waals surface area (Å²) in [6, 6.07) is -0.227. The van der Waals surface area contributed by atoms with E-state index in [0.717, 1.165) is 18.7 Å². The monoisotopic (exact) mass is 224 g/mol. The summed E-state index contributed by atoms with van der Waals surface area (Å²) in [6.45, 7) is 1.83. The molecule has 1 aliphatic rings. The van der Waals surface area contributed by atoms with Crippen LogP contribution in [-0.4, -0.2) is 38.8 Å². The smallest absolute Gasteiger partial charge is 0.291 e. The largest absolute Gasteiger partial charge is 0.394 e. The minimum absolute atomic E-state index is 0.0673. The molecule has 1 atom stereocenters. The van der Waals surface area contributed by atoms with Gasteiger partial charge in [0.25, 0.3) is 5.91 Å². The van der Waals surface area contributed by atoms with Gasteiger partial charge in [0.15, 0.2) is 0 Å². The molecule has 0 radical (unpaired) electrons. The highest BCUT2D eigenvalue weighted by Gasteiger charge is 2.28. The van der Waals surface area contributed by atoms with Gasteiger partial charge in [-0.2, -0.15) is 0 Å². The van der Waals surface area contributed by atoms with Gasteiger partial charge >= 0.3 is 0 Å². The van der Waals surface area contributed by atoms with E-state index in [4.69, 9.17) is 5.11 Å². The van der Waals surface area contributed by atoms with Crippen molar-refractivity contribution in [3.8, 4) is 0 Å². The minimum Gasteiger partial charge on any atom is -0.394 e. The first kappa shape index (κ1) is 11.1. The van der Waals surface area contributed by atoms with E-state index < -0.39 is 0 Å². The van der Waals surface area contributed by atoms with Crippen molar-refractivity contribution in [2.75, 3.05) is 6.61 Å². The Morgan fingerprint density at radius 1 is 1.69 bits per heavy atom. The minimum atomic E-state index is -0.330. The Kier molecular flexibility index (Phi) is 3.19. The van der Waals surface area contributed by atoms with Crippen LogP contribution in [0.4, 0.5) is 0 Å². The van der Waals surface area contributed by atoms with Crippen molar-refractivity contribution in [1.29, 1.82) is 0 Å². The van der Waals surface area contributed by atoms with E-state index in [1.165, 1.54) is 0 Å². The van der Waals surface area contributed by atoms with E-state index in [9.17, 15) is 4.79 Å². The molecule has 1 aromatic heterocycles. The van der Waals surface area contributed by atoms with Crippen molar-refractivity contribution in [3.63, 3.8) is 0 Å². The summed E-state index contributed by atoms with van der Waals surface area (Å²) in [4.78, 5) is 15.8. The normalized spacial score (nSPS) is 17.1. The Hall–Kier alpha value is -1.43. The molecule has 1 aliphatic carbocycles. The zero-order valence-corrected chi connectivity index (χ0v) is 9.23. The molecule has 6 heteroatoms. The van der Waals surface area contributed by atoms with E-state index in [-0.39, 0.29) is 24.4 Å². The molecule has 1 aromatic rings. The average molecular weight is 224 g/mol. The number of aromatic amines is 1. The number of rotatable bonds is 5. The molecule has 2 rings (SSSR count). The molecule has 1 fully saturated rings. The lowest BCUT2D eigenvalue weighted by molar-refractivity contribution is 0.0904. The summed E-state index contributed by atoms with van der Waals surface area (Å²) < 4.78 is 0. The van der Waals surface area contributed by atoms with E-state index in [1.54, 1.807) is 0 Å². The predicted octanol–water partition coefficient (Wildman–Crippen LogP) is 0.183. The van der Waals surface area contributed by atoms with Gasteiger partial charge in [-0.1, -0.05) is 6.92 Å². The van der Waals surface area contributed by atoms with Crippen LogP contribution in [0.5, 0.6) is 0 Å². The molecule has 16 heavy (non-hydrogen) atoms. The topological polar surface area (TPSA) is 90.9 Å². The Bertz CT molecular complexity index is 369. The third kappa shape index (κ3) is 2.38. The zero-order chi connectivity index (χ0) is 11.5. The Morgan fingerprint density at radius 2 is 2.44 bits per heavy atom. The van der Waals surface area contributed by atoms with E-state index in [1.807, 2.05) is 6.92 Å². The van der Waals surface area contributed by atoms with Crippen LogP contribution in [0.25, 0.3) is 0 Å². The number of hydrogen-bond donors (Lipinski definition) is 3. The van der Waals surface area contributed by atoms with Crippen LogP contribution >= 0.6 is 0 Å². The van der Waals surface area contributed by atoms with Crippen LogP contribution in [0.3, 0.4) is 0 Å². The third-order valence-corrected chi connectivity index (χ3v) is 2.72. The summed E-state index contributed by atoms with van der Waals surface area (Å²) in [5.41, 5.74) is 0. The number of amides is 1.